The number of fused-ring (bicyclic) bond motifs is 1. The molecule has 0 saturated heterocycles. The minimum Gasteiger partial charge on any atom is -0.497 e. The molecule has 0 spiro atoms. The molecule has 0 aliphatic heterocycles. The van der Waals surface area contributed by atoms with E-state index in [1.807, 2.05) is 30.3 Å². The van der Waals surface area contributed by atoms with Crippen LogP contribution in [0.25, 0.3) is 11.0 Å². The van der Waals surface area contributed by atoms with Crippen LogP contribution in [-0.4, -0.2) is 35.2 Å². The lowest BCUT2D eigenvalue weighted by Crippen LogP contribution is -2.13. The molecular weight excluding hydrogens is 294 g/mol. The monoisotopic (exact) mass is 311 g/mol. The number of methoxy groups -OCH3 is 1. The van der Waals surface area contributed by atoms with Gasteiger partial charge in [-0.25, -0.2) is 15.0 Å². The Hall–Kier alpha value is -3.09. The number of nitrogens with two attached hydrogens (primary N) is 1. The highest BCUT2D eigenvalue weighted by Gasteiger charge is 2.04. The standard InChI is InChI=1S/C16H17N5O2/c1-22-11-2-4-12(5-3-11)23-9-8-18-15-13-6-7-14(17)21-16(13)20-10-19-15/h2-7,10H,8-9H2,1H3,(H3,17,18,19,20,21). The van der Waals surface area contributed by atoms with E-state index in [0.717, 1.165) is 16.9 Å². The van der Waals surface area contributed by atoms with Crippen LogP contribution < -0.4 is 20.5 Å². The molecule has 0 radical (unpaired) electrons. The normalized spacial score (nSPS) is 10.5. The predicted octanol–water partition coefficient (Wildman–Crippen LogP) is 2.11. The van der Waals surface area contributed by atoms with Crippen LogP contribution in [0.3, 0.4) is 0 Å². The summed E-state index contributed by atoms with van der Waals surface area (Å²) >= 11 is 0. The van der Waals surface area contributed by atoms with Crippen LogP contribution in [0.1, 0.15) is 0 Å². The summed E-state index contributed by atoms with van der Waals surface area (Å²) in [5.41, 5.74) is 6.23. The van der Waals surface area contributed by atoms with E-state index >= 15 is 0 Å². The molecule has 1 aromatic carbocycles. The summed E-state index contributed by atoms with van der Waals surface area (Å²) in [4.78, 5) is 12.5. The Morgan fingerprint density at radius 1 is 1.04 bits per heavy atom. The number of nitrogen functional groups attached to an aromatic ring is 1. The largest absolute Gasteiger partial charge is 0.497 e. The average molecular weight is 311 g/mol. The molecule has 7 heteroatoms. The minimum absolute atomic E-state index is 0.435. The SMILES string of the molecule is COc1ccc(OCCNc2ncnc3nc(N)ccc23)cc1. The van der Waals surface area contributed by atoms with Gasteiger partial charge in [-0.3, -0.25) is 0 Å². The number of anilines is 2. The van der Waals surface area contributed by atoms with Gasteiger partial charge in [0, 0.05) is 0 Å². The summed E-state index contributed by atoms with van der Waals surface area (Å²) in [7, 11) is 1.63. The molecule has 3 aromatic rings. The van der Waals surface area contributed by atoms with Gasteiger partial charge < -0.3 is 20.5 Å². The fourth-order valence-electron chi connectivity index (χ4n) is 2.11. The van der Waals surface area contributed by atoms with Gasteiger partial charge in [-0.1, -0.05) is 0 Å². The van der Waals surface area contributed by atoms with Crippen LogP contribution in [0, 0.1) is 0 Å². The van der Waals surface area contributed by atoms with Gasteiger partial charge in [0.25, 0.3) is 0 Å². The van der Waals surface area contributed by atoms with Crippen molar-refractivity contribution < 1.29 is 9.47 Å². The molecule has 0 bridgehead atoms. The highest BCUT2D eigenvalue weighted by Crippen LogP contribution is 2.19. The number of ether oxygens (including phenoxy) is 2. The summed E-state index contributed by atoms with van der Waals surface area (Å²) in [5.74, 6) is 2.73. The number of benzene rings is 1. The Balaban J connectivity index is 1.58. The maximum absolute atomic E-state index is 5.66. The van der Waals surface area contributed by atoms with Crippen LogP contribution in [0.4, 0.5) is 11.6 Å². The van der Waals surface area contributed by atoms with E-state index in [0.29, 0.717) is 30.4 Å². The lowest BCUT2D eigenvalue weighted by molar-refractivity contribution is 0.331. The van der Waals surface area contributed by atoms with Crippen molar-refractivity contribution >= 4 is 22.7 Å². The molecule has 0 unspecified atom stereocenters. The molecule has 2 heterocycles. The zero-order chi connectivity index (χ0) is 16.1. The molecule has 118 valence electrons. The van der Waals surface area contributed by atoms with Crippen molar-refractivity contribution in [2.24, 2.45) is 0 Å². The Morgan fingerprint density at radius 2 is 1.83 bits per heavy atom. The van der Waals surface area contributed by atoms with Gasteiger partial charge in [-0.05, 0) is 36.4 Å². The summed E-state index contributed by atoms with van der Waals surface area (Å²) in [6, 6.07) is 11.0. The molecule has 0 aliphatic carbocycles. The van der Waals surface area contributed by atoms with E-state index in [2.05, 4.69) is 20.3 Å². The summed E-state index contributed by atoms with van der Waals surface area (Å²) in [6.07, 6.45) is 1.46. The zero-order valence-electron chi connectivity index (χ0n) is 12.7. The van der Waals surface area contributed by atoms with Gasteiger partial charge in [-0.2, -0.15) is 0 Å². The number of nitrogens with one attached hydrogen (secondary N) is 1. The second-order valence-electron chi connectivity index (χ2n) is 4.78. The van der Waals surface area contributed by atoms with E-state index in [-0.39, 0.29) is 0 Å². The molecule has 23 heavy (non-hydrogen) atoms. The Kier molecular flexibility index (Phi) is 4.37. The number of pyridine rings is 1. The van der Waals surface area contributed by atoms with Crippen LogP contribution >= 0.6 is 0 Å². The Morgan fingerprint density at radius 3 is 2.61 bits per heavy atom. The van der Waals surface area contributed by atoms with Gasteiger partial charge in [-0.15, -0.1) is 0 Å². The fraction of sp³-hybridized carbons (Fsp3) is 0.188. The minimum atomic E-state index is 0.435. The maximum Gasteiger partial charge on any atom is 0.166 e. The van der Waals surface area contributed by atoms with E-state index in [9.17, 15) is 0 Å². The molecule has 0 aliphatic rings. The molecule has 0 fully saturated rings. The van der Waals surface area contributed by atoms with Crippen molar-refractivity contribution in [2.45, 2.75) is 0 Å². The van der Waals surface area contributed by atoms with Gasteiger partial charge in [0.2, 0.25) is 0 Å². The second-order valence-corrected chi connectivity index (χ2v) is 4.78. The first-order valence-corrected chi connectivity index (χ1v) is 7.14. The van der Waals surface area contributed by atoms with E-state index in [4.69, 9.17) is 15.2 Å². The first-order chi connectivity index (χ1) is 11.3. The second kappa shape index (κ2) is 6.78. The molecule has 0 amide bonds. The van der Waals surface area contributed by atoms with E-state index in [1.165, 1.54) is 6.33 Å². The smallest absolute Gasteiger partial charge is 0.166 e. The molecule has 0 atom stereocenters. The highest BCUT2D eigenvalue weighted by atomic mass is 16.5. The van der Waals surface area contributed by atoms with Crippen molar-refractivity contribution in [2.75, 3.05) is 31.3 Å². The summed E-state index contributed by atoms with van der Waals surface area (Å²) in [6.45, 7) is 1.10. The third kappa shape index (κ3) is 3.57. The van der Waals surface area contributed by atoms with Gasteiger partial charge in [0.15, 0.2) is 5.65 Å². The van der Waals surface area contributed by atoms with Crippen LogP contribution in [0.15, 0.2) is 42.7 Å². The Labute approximate surface area is 133 Å². The lowest BCUT2D eigenvalue weighted by Gasteiger charge is -2.10. The number of hydrogen-bond acceptors (Lipinski definition) is 7. The van der Waals surface area contributed by atoms with E-state index in [1.54, 1.807) is 13.2 Å². The number of nitrogens with zero attached hydrogens (tertiary/aromatic N) is 3. The molecule has 3 rings (SSSR count). The van der Waals surface area contributed by atoms with Crippen molar-refractivity contribution in [3.8, 4) is 11.5 Å². The fourth-order valence-corrected chi connectivity index (χ4v) is 2.11. The van der Waals surface area contributed by atoms with Crippen LogP contribution in [0.2, 0.25) is 0 Å². The van der Waals surface area contributed by atoms with Crippen molar-refractivity contribution in [1.29, 1.82) is 0 Å². The van der Waals surface area contributed by atoms with E-state index < -0.39 is 0 Å². The Bertz CT molecular complexity index is 792. The molecule has 2 aromatic heterocycles. The third-order valence-electron chi connectivity index (χ3n) is 3.24. The zero-order valence-corrected chi connectivity index (χ0v) is 12.7. The summed E-state index contributed by atoms with van der Waals surface area (Å²) in [5, 5.41) is 4.04. The molecule has 3 N–H and O–H groups in total. The number of rotatable bonds is 6. The molecule has 0 saturated carbocycles. The topological polar surface area (TPSA) is 95.2 Å². The van der Waals surface area contributed by atoms with Crippen molar-refractivity contribution in [3.63, 3.8) is 0 Å². The first-order valence-electron chi connectivity index (χ1n) is 7.14. The lowest BCUT2D eigenvalue weighted by atomic mass is 10.3. The maximum atomic E-state index is 5.66. The van der Waals surface area contributed by atoms with Gasteiger partial charge >= 0.3 is 0 Å². The average Bonchev–Trinajstić information content (AvgIpc) is 2.59. The van der Waals surface area contributed by atoms with Gasteiger partial charge in [0.05, 0.1) is 19.0 Å². The van der Waals surface area contributed by atoms with Gasteiger partial charge in [0.1, 0.15) is 36.1 Å². The highest BCUT2D eigenvalue weighted by molar-refractivity contribution is 5.86. The molecule has 7 nitrogen and oxygen atoms in total. The van der Waals surface area contributed by atoms with Crippen LogP contribution in [0.5, 0.6) is 11.5 Å². The molecular formula is C16H17N5O2. The van der Waals surface area contributed by atoms with Crippen molar-refractivity contribution in [1.82, 2.24) is 15.0 Å². The first kappa shape index (κ1) is 14.8. The predicted molar refractivity (Wildman–Crippen MR) is 88.7 cm³/mol. The quantitative estimate of drug-likeness (QED) is 0.673. The number of aromatic nitrogens is 3. The third-order valence-corrected chi connectivity index (χ3v) is 3.24. The summed E-state index contributed by atoms with van der Waals surface area (Å²) < 4.78 is 10.8. The number of hydrogen-bond donors (Lipinski definition) is 2. The van der Waals surface area contributed by atoms with Crippen molar-refractivity contribution in [3.05, 3.63) is 42.7 Å². The van der Waals surface area contributed by atoms with Crippen LogP contribution in [-0.2, 0) is 0 Å².